The van der Waals surface area contributed by atoms with Gasteiger partial charge in [0.25, 0.3) is 0 Å². The summed E-state index contributed by atoms with van der Waals surface area (Å²) in [5.41, 5.74) is 11.3. The highest BCUT2D eigenvalue weighted by Gasteiger charge is 2.20. The first-order valence-electron chi connectivity index (χ1n) is 7.88. The van der Waals surface area contributed by atoms with Crippen LogP contribution in [-0.2, 0) is 13.0 Å². The molecule has 1 aliphatic heterocycles. The van der Waals surface area contributed by atoms with Crippen molar-refractivity contribution in [2.24, 2.45) is 5.73 Å². The molecule has 0 radical (unpaired) electrons. The molecule has 2 N–H and O–H groups in total. The summed E-state index contributed by atoms with van der Waals surface area (Å²) in [6, 6.07) is 16.4. The number of benzene rings is 2. The number of ether oxygens (including phenoxy) is 1. The maximum Gasteiger partial charge on any atom is 0.123 e. The fraction of sp³-hybridized carbons (Fsp3) is 0.211. The molecule has 0 bridgehead atoms. The van der Waals surface area contributed by atoms with E-state index in [1.165, 1.54) is 5.56 Å². The Kier molecular flexibility index (Phi) is 4.60. The van der Waals surface area contributed by atoms with Crippen molar-refractivity contribution in [3.8, 4) is 22.7 Å². The molecule has 0 amide bonds. The lowest BCUT2D eigenvalue weighted by atomic mass is 10.0. The van der Waals surface area contributed by atoms with Crippen molar-refractivity contribution < 1.29 is 4.74 Å². The largest absolute Gasteiger partial charge is 0.490 e. The fourth-order valence-corrected chi connectivity index (χ4v) is 3.08. The van der Waals surface area contributed by atoms with Gasteiger partial charge < -0.3 is 10.5 Å². The highest BCUT2D eigenvalue weighted by molar-refractivity contribution is 5.85. The van der Waals surface area contributed by atoms with E-state index in [1.807, 2.05) is 47.3 Å². The number of hydrogen-bond donors (Lipinski definition) is 1. The zero-order valence-corrected chi connectivity index (χ0v) is 14.3. The number of halogens is 1. The number of aromatic nitrogens is 2. The van der Waals surface area contributed by atoms with Crippen molar-refractivity contribution in [3.05, 3.63) is 65.9 Å². The molecular formula is C19H20ClN3O. The van der Waals surface area contributed by atoms with Gasteiger partial charge in [0, 0.05) is 30.3 Å². The first-order chi connectivity index (χ1) is 11.2. The topological polar surface area (TPSA) is 53.1 Å². The highest BCUT2D eigenvalue weighted by Crippen LogP contribution is 2.33. The van der Waals surface area contributed by atoms with Crippen molar-refractivity contribution in [3.63, 3.8) is 0 Å². The molecule has 4 rings (SSSR count). The van der Waals surface area contributed by atoms with Crippen molar-refractivity contribution >= 4 is 12.4 Å². The lowest BCUT2D eigenvalue weighted by Crippen LogP contribution is -2.05. The molecule has 5 heteroatoms. The van der Waals surface area contributed by atoms with Crippen molar-refractivity contribution in [2.45, 2.75) is 26.0 Å². The molecule has 24 heavy (non-hydrogen) atoms. The van der Waals surface area contributed by atoms with E-state index in [1.54, 1.807) is 0 Å². The van der Waals surface area contributed by atoms with Gasteiger partial charge in [0.05, 0.1) is 11.4 Å². The summed E-state index contributed by atoms with van der Waals surface area (Å²) in [6.45, 7) is 2.56. The van der Waals surface area contributed by atoms with Crippen LogP contribution >= 0.6 is 12.4 Å². The fourth-order valence-electron chi connectivity index (χ4n) is 3.08. The Labute approximate surface area is 147 Å². The lowest BCUT2D eigenvalue weighted by Gasteiger charge is -2.04. The molecule has 0 fully saturated rings. The Morgan fingerprint density at radius 3 is 2.75 bits per heavy atom. The highest BCUT2D eigenvalue weighted by atomic mass is 35.5. The van der Waals surface area contributed by atoms with E-state index in [-0.39, 0.29) is 18.5 Å². The zero-order chi connectivity index (χ0) is 15.8. The number of hydrogen-bond acceptors (Lipinski definition) is 3. The van der Waals surface area contributed by atoms with E-state index >= 15 is 0 Å². The van der Waals surface area contributed by atoms with Gasteiger partial charge in [0.15, 0.2) is 0 Å². The molecule has 2 heterocycles. The summed E-state index contributed by atoms with van der Waals surface area (Å²) in [6.07, 6.45) is 3.20. The molecule has 3 aromatic rings. The third kappa shape index (κ3) is 2.90. The van der Waals surface area contributed by atoms with Crippen LogP contribution in [0.1, 0.15) is 18.1 Å². The van der Waals surface area contributed by atoms with Crippen LogP contribution in [0.4, 0.5) is 0 Å². The molecule has 1 aliphatic rings. The molecule has 2 aromatic carbocycles. The summed E-state index contributed by atoms with van der Waals surface area (Å²) in [5, 5.41) is 4.76. The number of nitrogens with zero attached hydrogens (tertiary/aromatic N) is 2. The van der Waals surface area contributed by atoms with Crippen LogP contribution in [0.5, 0.6) is 5.75 Å². The Balaban J connectivity index is 0.00000169. The number of para-hydroxylation sites is 1. The molecule has 0 saturated carbocycles. The Bertz CT molecular complexity index is 845. The monoisotopic (exact) mass is 341 g/mol. The van der Waals surface area contributed by atoms with Gasteiger partial charge in [0.1, 0.15) is 11.9 Å². The van der Waals surface area contributed by atoms with E-state index in [2.05, 4.69) is 19.1 Å². The maximum absolute atomic E-state index is 5.94. The molecule has 1 aromatic heterocycles. The van der Waals surface area contributed by atoms with Crippen molar-refractivity contribution in [1.82, 2.24) is 9.78 Å². The number of rotatable bonds is 3. The molecule has 1 unspecified atom stereocenters. The molecule has 4 nitrogen and oxygen atoms in total. The smallest absolute Gasteiger partial charge is 0.123 e. The summed E-state index contributed by atoms with van der Waals surface area (Å²) >= 11 is 0. The second-order valence-electron chi connectivity index (χ2n) is 5.94. The summed E-state index contributed by atoms with van der Waals surface area (Å²) in [5.74, 6) is 0.984. The van der Waals surface area contributed by atoms with Gasteiger partial charge >= 0.3 is 0 Å². The normalized spacial score (nSPS) is 15.5. The van der Waals surface area contributed by atoms with E-state index in [9.17, 15) is 0 Å². The Morgan fingerprint density at radius 2 is 2.00 bits per heavy atom. The average molecular weight is 342 g/mol. The van der Waals surface area contributed by atoms with Gasteiger partial charge in [-0.2, -0.15) is 5.10 Å². The predicted molar refractivity (Wildman–Crippen MR) is 97.9 cm³/mol. The molecule has 0 aliphatic carbocycles. The van der Waals surface area contributed by atoms with Gasteiger partial charge in [-0.3, -0.25) is 0 Å². The van der Waals surface area contributed by atoms with Crippen LogP contribution in [0.3, 0.4) is 0 Å². The van der Waals surface area contributed by atoms with E-state index in [0.29, 0.717) is 6.54 Å². The Hall–Kier alpha value is -2.30. The molecule has 1 atom stereocenters. The van der Waals surface area contributed by atoms with Gasteiger partial charge in [0.2, 0.25) is 0 Å². The van der Waals surface area contributed by atoms with Crippen molar-refractivity contribution in [1.29, 1.82) is 0 Å². The third-order valence-corrected chi connectivity index (χ3v) is 4.20. The Morgan fingerprint density at radius 1 is 1.21 bits per heavy atom. The molecule has 0 saturated heterocycles. The van der Waals surface area contributed by atoms with Crippen LogP contribution in [0, 0.1) is 0 Å². The minimum atomic E-state index is 0. The minimum Gasteiger partial charge on any atom is -0.490 e. The second-order valence-corrected chi connectivity index (χ2v) is 5.94. The standard InChI is InChI=1S/C19H19N3O.ClH/c1-13-9-15-10-14(7-8-18(15)23-13)19-16(11-20)12-22(21-19)17-5-3-2-4-6-17;/h2-8,10,12-13H,9,11,20H2,1H3;1H. The molecule has 0 spiro atoms. The summed E-state index contributed by atoms with van der Waals surface area (Å²) < 4.78 is 7.67. The quantitative estimate of drug-likeness (QED) is 0.789. The number of fused-ring (bicyclic) bond motifs is 1. The average Bonchev–Trinajstić information content (AvgIpc) is 3.17. The van der Waals surface area contributed by atoms with Crippen LogP contribution in [0.2, 0.25) is 0 Å². The molecule has 124 valence electrons. The van der Waals surface area contributed by atoms with Gasteiger partial charge in [-0.25, -0.2) is 4.68 Å². The van der Waals surface area contributed by atoms with Crippen LogP contribution in [0.15, 0.2) is 54.7 Å². The first-order valence-corrected chi connectivity index (χ1v) is 7.88. The van der Waals surface area contributed by atoms with E-state index in [4.69, 9.17) is 15.6 Å². The van der Waals surface area contributed by atoms with Crippen LogP contribution < -0.4 is 10.5 Å². The lowest BCUT2D eigenvalue weighted by molar-refractivity contribution is 0.254. The molecular weight excluding hydrogens is 322 g/mol. The van der Waals surface area contributed by atoms with Gasteiger partial charge in [-0.1, -0.05) is 18.2 Å². The van der Waals surface area contributed by atoms with Gasteiger partial charge in [-0.15, -0.1) is 12.4 Å². The number of nitrogens with two attached hydrogens (primary N) is 1. The van der Waals surface area contributed by atoms with Crippen LogP contribution in [-0.4, -0.2) is 15.9 Å². The minimum absolute atomic E-state index is 0. The zero-order valence-electron chi connectivity index (χ0n) is 13.5. The summed E-state index contributed by atoms with van der Waals surface area (Å²) in [4.78, 5) is 0. The SMILES string of the molecule is CC1Cc2cc(-c3nn(-c4ccccc4)cc3CN)ccc2O1.Cl. The van der Waals surface area contributed by atoms with E-state index in [0.717, 1.165) is 34.7 Å². The first kappa shape index (κ1) is 16.6. The van der Waals surface area contributed by atoms with Gasteiger partial charge in [-0.05, 0) is 42.8 Å². The van der Waals surface area contributed by atoms with Crippen molar-refractivity contribution in [2.75, 3.05) is 0 Å². The van der Waals surface area contributed by atoms with E-state index < -0.39 is 0 Å². The summed E-state index contributed by atoms with van der Waals surface area (Å²) in [7, 11) is 0. The third-order valence-electron chi connectivity index (χ3n) is 4.20. The maximum atomic E-state index is 5.94. The predicted octanol–water partition coefficient (Wildman–Crippen LogP) is 3.74. The van der Waals surface area contributed by atoms with Crippen LogP contribution in [0.25, 0.3) is 16.9 Å². The second kappa shape index (κ2) is 6.67.